The minimum Gasteiger partial charge on any atom is -0.490 e. The summed E-state index contributed by atoms with van der Waals surface area (Å²) in [4.78, 5) is 28.1. The maximum absolute atomic E-state index is 13.0. The van der Waals surface area contributed by atoms with E-state index in [1.807, 2.05) is 29.7 Å². The Morgan fingerprint density at radius 3 is 2.48 bits per heavy atom. The van der Waals surface area contributed by atoms with E-state index in [1.54, 1.807) is 6.92 Å². The Kier molecular flexibility index (Phi) is 4.28. The fourth-order valence-electron chi connectivity index (χ4n) is 3.62. The number of nitrogens with zero attached hydrogens (tertiary/aromatic N) is 2. The van der Waals surface area contributed by atoms with E-state index in [0.717, 1.165) is 35.4 Å². The fourth-order valence-corrected chi connectivity index (χ4v) is 3.62. The quantitative estimate of drug-likeness (QED) is 0.799. The second-order valence-corrected chi connectivity index (χ2v) is 6.55. The fraction of sp³-hybridized carbons (Fsp3) is 0.556. The van der Waals surface area contributed by atoms with Gasteiger partial charge in [-0.2, -0.15) is 0 Å². The molecule has 5 nitrogen and oxygen atoms in total. The number of carbonyl (C=O) groups is 2. The zero-order valence-corrected chi connectivity index (χ0v) is 14.1. The maximum Gasteiger partial charge on any atom is 0.230 e. The predicted molar refractivity (Wildman–Crippen MR) is 88.7 cm³/mol. The number of carbonyl (C=O) groups excluding carboxylic acids is 2. The summed E-state index contributed by atoms with van der Waals surface area (Å²) >= 11 is 0. The minimum absolute atomic E-state index is 0.00254. The number of hydrogen-bond acceptors (Lipinski definition) is 3. The van der Waals surface area contributed by atoms with Crippen molar-refractivity contribution in [2.24, 2.45) is 5.92 Å². The largest absolute Gasteiger partial charge is 0.490 e. The number of amides is 2. The van der Waals surface area contributed by atoms with Crippen LogP contribution in [0.5, 0.6) is 5.75 Å². The van der Waals surface area contributed by atoms with Crippen LogP contribution in [0.15, 0.2) is 12.1 Å². The average Bonchev–Trinajstić information content (AvgIpc) is 2.53. The molecule has 0 saturated carbocycles. The number of anilines is 1. The van der Waals surface area contributed by atoms with E-state index in [9.17, 15) is 9.59 Å². The molecule has 0 unspecified atom stereocenters. The van der Waals surface area contributed by atoms with Gasteiger partial charge in [-0.15, -0.1) is 0 Å². The Morgan fingerprint density at radius 2 is 1.83 bits per heavy atom. The van der Waals surface area contributed by atoms with E-state index in [2.05, 4.69) is 6.07 Å². The monoisotopic (exact) mass is 316 g/mol. The first-order valence-corrected chi connectivity index (χ1v) is 8.28. The van der Waals surface area contributed by atoms with E-state index in [-0.39, 0.29) is 17.7 Å². The Hall–Kier alpha value is -2.04. The zero-order chi connectivity index (χ0) is 16.6. The molecule has 1 aromatic rings. The molecule has 0 N–H and O–H groups in total. The van der Waals surface area contributed by atoms with Crippen molar-refractivity contribution in [1.29, 1.82) is 0 Å². The van der Waals surface area contributed by atoms with Crippen LogP contribution in [0.25, 0.3) is 0 Å². The molecule has 0 atom stereocenters. The third-order valence-corrected chi connectivity index (χ3v) is 4.81. The zero-order valence-electron chi connectivity index (χ0n) is 14.1. The Morgan fingerprint density at radius 1 is 1.13 bits per heavy atom. The van der Waals surface area contributed by atoms with Crippen LogP contribution in [0.4, 0.5) is 5.69 Å². The first-order chi connectivity index (χ1) is 11.0. The van der Waals surface area contributed by atoms with Crippen molar-refractivity contribution < 1.29 is 14.3 Å². The second kappa shape index (κ2) is 6.22. The van der Waals surface area contributed by atoms with Gasteiger partial charge in [0.25, 0.3) is 0 Å². The highest BCUT2D eigenvalue weighted by Gasteiger charge is 2.33. The van der Waals surface area contributed by atoms with E-state index >= 15 is 0 Å². The molecule has 2 aliphatic heterocycles. The summed E-state index contributed by atoms with van der Waals surface area (Å²) in [5.41, 5.74) is 3.14. The van der Waals surface area contributed by atoms with Crippen molar-refractivity contribution >= 4 is 17.5 Å². The summed E-state index contributed by atoms with van der Waals surface area (Å²) in [7, 11) is 0. The van der Waals surface area contributed by atoms with Gasteiger partial charge in [0.15, 0.2) is 0 Å². The SMILES string of the molecule is CC(=O)N1CCC(C(=O)N2CCOc3cc(C)cc(C)c32)CC1. The van der Waals surface area contributed by atoms with Crippen molar-refractivity contribution in [2.45, 2.75) is 33.6 Å². The van der Waals surface area contributed by atoms with Crippen molar-refractivity contribution in [3.8, 4) is 5.75 Å². The molecule has 2 aliphatic rings. The number of fused-ring (bicyclic) bond motifs is 1. The third kappa shape index (κ3) is 3.05. The summed E-state index contributed by atoms with van der Waals surface area (Å²) in [6, 6.07) is 4.09. The van der Waals surface area contributed by atoms with Crippen molar-refractivity contribution in [2.75, 3.05) is 31.1 Å². The van der Waals surface area contributed by atoms with Crippen LogP contribution in [-0.2, 0) is 9.59 Å². The first kappa shape index (κ1) is 15.8. The average molecular weight is 316 g/mol. The van der Waals surface area contributed by atoms with Gasteiger partial charge in [0, 0.05) is 25.9 Å². The Balaban J connectivity index is 1.79. The number of aryl methyl sites for hydroxylation is 2. The molecule has 0 aliphatic carbocycles. The molecule has 3 rings (SSSR count). The van der Waals surface area contributed by atoms with E-state index < -0.39 is 0 Å². The lowest BCUT2D eigenvalue weighted by Crippen LogP contribution is -2.46. The Labute approximate surface area is 137 Å². The maximum atomic E-state index is 13.0. The summed E-state index contributed by atoms with van der Waals surface area (Å²) in [5.74, 6) is 1.07. The standard InChI is InChI=1S/C18H24N2O3/c1-12-10-13(2)17-16(11-12)23-9-8-20(17)18(22)15-4-6-19(7-5-15)14(3)21/h10-11,15H,4-9H2,1-3H3. The highest BCUT2D eigenvalue weighted by molar-refractivity contribution is 5.98. The molecular formula is C18H24N2O3. The lowest BCUT2D eigenvalue weighted by atomic mass is 9.94. The van der Waals surface area contributed by atoms with Gasteiger partial charge in [-0.05, 0) is 43.9 Å². The number of rotatable bonds is 1. The smallest absolute Gasteiger partial charge is 0.230 e. The van der Waals surface area contributed by atoms with Crippen LogP contribution in [0, 0.1) is 19.8 Å². The summed E-state index contributed by atoms with van der Waals surface area (Å²) in [6.07, 6.45) is 1.49. The topological polar surface area (TPSA) is 49.9 Å². The third-order valence-electron chi connectivity index (χ3n) is 4.81. The van der Waals surface area contributed by atoms with Gasteiger partial charge in [0.2, 0.25) is 11.8 Å². The lowest BCUT2D eigenvalue weighted by molar-refractivity contribution is -0.133. The summed E-state index contributed by atoms with van der Waals surface area (Å²) in [6.45, 7) is 8.14. The number of piperidine rings is 1. The molecule has 0 aromatic heterocycles. The summed E-state index contributed by atoms with van der Waals surface area (Å²) < 4.78 is 5.75. The molecule has 2 amide bonds. The number of ether oxygens (including phenoxy) is 1. The molecule has 1 aromatic carbocycles. The molecular weight excluding hydrogens is 292 g/mol. The van der Waals surface area contributed by atoms with Crippen molar-refractivity contribution in [3.05, 3.63) is 23.3 Å². The van der Waals surface area contributed by atoms with Gasteiger partial charge in [-0.1, -0.05) is 6.07 Å². The molecule has 0 spiro atoms. The van der Waals surface area contributed by atoms with Crippen LogP contribution in [0.3, 0.4) is 0 Å². The highest BCUT2D eigenvalue weighted by Crippen LogP contribution is 2.37. The van der Waals surface area contributed by atoms with Crippen molar-refractivity contribution in [1.82, 2.24) is 4.90 Å². The van der Waals surface area contributed by atoms with E-state index in [4.69, 9.17) is 4.74 Å². The van der Waals surface area contributed by atoms with Crippen LogP contribution >= 0.6 is 0 Å². The van der Waals surface area contributed by atoms with Gasteiger partial charge >= 0.3 is 0 Å². The lowest BCUT2D eigenvalue weighted by Gasteiger charge is -2.36. The number of benzene rings is 1. The number of hydrogen-bond donors (Lipinski definition) is 0. The van der Waals surface area contributed by atoms with Crippen LogP contribution < -0.4 is 9.64 Å². The molecule has 1 fully saturated rings. The minimum atomic E-state index is -0.00254. The first-order valence-electron chi connectivity index (χ1n) is 8.28. The normalized spacial score (nSPS) is 18.4. The van der Waals surface area contributed by atoms with Gasteiger partial charge in [0.1, 0.15) is 12.4 Å². The molecule has 23 heavy (non-hydrogen) atoms. The van der Waals surface area contributed by atoms with Gasteiger partial charge in [0.05, 0.1) is 12.2 Å². The molecule has 0 bridgehead atoms. The highest BCUT2D eigenvalue weighted by atomic mass is 16.5. The molecule has 2 heterocycles. The predicted octanol–water partition coefficient (Wildman–Crippen LogP) is 2.29. The van der Waals surface area contributed by atoms with Crippen LogP contribution in [0.2, 0.25) is 0 Å². The molecule has 1 saturated heterocycles. The Bertz CT molecular complexity index is 633. The molecule has 5 heteroatoms. The van der Waals surface area contributed by atoms with E-state index in [1.165, 1.54) is 0 Å². The number of likely N-dealkylation sites (tertiary alicyclic amines) is 1. The molecule has 124 valence electrons. The summed E-state index contributed by atoms with van der Waals surface area (Å²) in [5, 5.41) is 0. The second-order valence-electron chi connectivity index (χ2n) is 6.55. The van der Waals surface area contributed by atoms with Crippen molar-refractivity contribution in [3.63, 3.8) is 0 Å². The van der Waals surface area contributed by atoms with Gasteiger partial charge < -0.3 is 14.5 Å². The van der Waals surface area contributed by atoms with Crippen LogP contribution in [0.1, 0.15) is 30.9 Å². The van der Waals surface area contributed by atoms with Gasteiger partial charge in [-0.3, -0.25) is 9.59 Å². The van der Waals surface area contributed by atoms with Crippen LogP contribution in [-0.4, -0.2) is 43.0 Å². The van der Waals surface area contributed by atoms with Gasteiger partial charge in [-0.25, -0.2) is 0 Å². The van der Waals surface area contributed by atoms with E-state index in [0.29, 0.717) is 26.2 Å². The molecule has 0 radical (unpaired) electrons.